The van der Waals surface area contributed by atoms with Crippen molar-refractivity contribution in [2.24, 2.45) is 5.92 Å². The van der Waals surface area contributed by atoms with Crippen LogP contribution in [0.3, 0.4) is 0 Å². The molecule has 11 heteroatoms. The molecular formula is C18H17F4N3O3S. The van der Waals surface area contributed by atoms with E-state index in [1.54, 1.807) is 17.0 Å². The largest absolute Gasteiger partial charge is 0.490 e. The van der Waals surface area contributed by atoms with Gasteiger partial charge in [-0.3, -0.25) is 9.69 Å². The van der Waals surface area contributed by atoms with Crippen LogP contribution in [-0.2, 0) is 11.3 Å². The third-order valence-corrected chi connectivity index (χ3v) is 5.44. The number of carboxylic acid groups (broad SMARTS) is 1. The third kappa shape index (κ3) is 4.91. The Hall–Kier alpha value is -2.53. The standard InChI is InChI=1S/C16H16FN3OS.C2HF3O2/c17-13-4-2-1-3-11(13)5-19-6-12-7-20(8-15(12)19)16(21)14-9-22-10-18-14;3-2(4,5)1(6)7/h1-4,9-10,12,15H,5-8H2;(H,6,7). The second-order valence-corrected chi connectivity index (χ2v) is 7.45. The molecule has 2 fully saturated rings. The Balaban J connectivity index is 0.000000298. The molecule has 1 aromatic carbocycles. The van der Waals surface area contributed by atoms with Crippen molar-refractivity contribution in [3.05, 3.63) is 52.2 Å². The number of hydrogen-bond acceptors (Lipinski definition) is 5. The van der Waals surface area contributed by atoms with Crippen molar-refractivity contribution in [3.8, 4) is 0 Å². The summed E-state index contributed by atoms with van der Waals surface area (Å²) in [5, 5.41) is 8.92. The van der Waals surface area contributed by atoms with Crippen LogP contribution in [0.5, 0.6) is 0 Å². The average Bonchev–Trinajstić information content (AvgIpc) is 3.29. The number of carbonyl (C=O) groups excluding carboxylic acids is 1. The van der Waals surface area contributed by atoms with Crippen LogP contribution in [0.25, 0.3) is 0 Å². The van der Waals surface area contributed by atoms with Crippen molar-refractivity contribution >= 4 is 23.2 Å². The number of amides is 1. The lowest BCUT2D eigenvalue weighted by atomic mass is 9.91. The minimum atomic E-state index is -5.08. The summed E-state index contributed by atoms with van der Waals surface area (Å²) in [6, 6.07) is 7.25. The van der Waals surface area contributed by atoms with Gasteiger partial charge in [0.1, 0.15) is 11.5 Å². The molecule has 29 heavy (non-hydrogen) atoms. The topological polar surface area (TPSA) is 73.7 Å². The molecule has 4 rings (SSSR count). The van der Waals surface area contributed by atoms with Crippen LogP contribution in [0, 0.1) is 11.7 Å². The molecule has 1 amide bonds. The molecular weight excluding hydrogens is 414 g/mol. The van der Waals surface area contributed by atoms with Gasteiger partial charge in [0.2, 0.25) is 0 Å². The highest BCUT2D eigenvalue weighted by atomic mass is 32.1. The van der Waals surface area contributed by atoms with Crippen molar-refractivity contribution < 1.29 is 32.3 Å². The van der Waals surface area contributed by atoms with E-state index in [0.29, 0.717) is 24.2 Å². The van der Waals surface area contributed by atoms with E-state index in [-0.39, 0.29) is 11.7 Å². The quantitative estimate of drug-likeness (QED) is 0.757. The molecule has 0 spiro atoms. The summed E-state index contributed by atoms with van der Waals surface area (Å²) >= 11 is 1.44. The van der Waals surface area contributed by atoms with Gasteiger partial charge in [0.15, 0.2) is 0 Å². The fourth-order valence-corrected chi connectivity index (χ4v) is 3.94. The van der Waals surface area contributed by atoms with E-state index in [1.165, 1.54) is 17.4 Å². The first-order chi connectivity index (χ1) is 13.7. The zero-order valence-electron chi connectivity index (χ0n) is 15.0. The number of carboxylic acids is 1. The summed E-state index contributed by atoms with van der Waals surface area (Å²) in [5.41, 5.74) is 2.94. The van der Waals surface area contributed by atoms with Crippen LogP contribution < -0.4 is 0 Å². The number of nitrogens with zero attached hydrogens (tertiary/aromatic N) is 3. The zero-order valence-corrected chi connectivity index (χ0v) is 15.8. The molecule has 6 nitrogen and oxygen atoms in total. The molecule has 2 saturated heterocycles. The Morgan fingerprint density at radius 1 is 1.21 bits per heavy atom. The molecule has 3 heterocycles. The summed E-state index contributed by atoms with van der Waals surface area (Å²) in [6.07, 6.45) is -5.08. The van der Waals surface area contributed by atoms with Crippen molar-refractivity contribution in [2.75, 3.05) is 19.6 Å². The number of fused-ring (bicyclic) bond motifs is 1. The highest BCUT2D eigenvalue weighted by molar-refractivity contribution is 7.07. The van der Waals surface area contributed by atoms with E-state index in [9.17, 15) is 22.4 Å². The van der Waals surface area contributed by atoms with Gasteiger partial charge in [-0.15, -0.1) is 11.3 Å². The molecule has 2 aromatic rings. The van der Waals surface area contributed by atoms with Gasteiger partial charge in [0.05, 0.1) is 5.51 Å². The van der Waals surface area contributed by atoms with Crippen LogP contribution in [-0.4, -0.2) is 63.6 Å². The first kappa shape index (κ1) is 21.2. The number of benzene rings is 1. The van der Waals surface area contributed by atoms with Crippen LogP contribution in [0.1, 0.15) is 16.1 Å². The number of alkyl halides is 3. The Labute approximate surface area is 167 Å². The highest BCUT2D eigenvalue weighted by Crippen LogP contribution is 2.34. The van der Waals surface area contributed by atoms with Gasteiger partial charge in [-0.25, -0.2) is 14.2 Å². The van der Waals surface area contributed by atoms with Crippen molar-refractivity contribution in [2.45, 2.75) is 18.8 Å². The molecule has 2 unspecified atom stereocenters. The Morgan fingerprint density at radius 2 is 1.90 bits per heavy atom. The molecule has 1 aromatic heterocycles. The number of halogens is 4. The molecule has 1 N–H and O–H groups in total. The second-order valence-electron chi connectivity index (χ2n) is 6.74. The van der Waals surface area contributed by atoms with E-state index in [4.69, 9.17) is 9.90 Å². The molecule has 0 aliphatic carbocycles. The lowest BCUT2D eigenvalue weighted by molar-refractivity contribution is -0.192. The van der Waals surface area contributed by atoms with Crippen LogP contribution >= 0.6 is 11.3 Å². The van der Waals surface area contributed by atoms with Gasteiger partial charge in [0.25, 0.3) is 5.91 Å². The lowest BCUT2D eigenvalue weighted by Crippen LogP contribution is -2.54. The van der Waals surface area contributed by atoms with Gasteiger partial charge in [-0.1, -0.05) is 18.2 Å². The number of aromatic nitrogens is 1. The van der Waals surface area contributed by atoms with Gasteiger partial charge >= 0.3 is 12.1 Å². The summed E-state index contributed by atoms with van der Waals surface area (Å²) in [5.74, 6) is -2.39. The summed E-state index contributed by atoms with van der Waals surface area (Å²) in [6.45, 7) is 3.05. The molecule has 2 aliphatic rings. The second kappa shape index (κ2) is 8.46. The number of likely N-dealkylation sites (tertiary alicyclic amines) is 2. The Morgan fingerprint density at radius 3 is 2.48 bits per heavy atom. The Kier molecular flexibility index (Phi) is 6.18. The maximum atomic E-state index is 13.7. The van der Waals surface area contributed by atoms with Crippen LogP contribution in [0.2, 0.25) is 0 Å². The van der Waals surface area contributed by atoms with Crippen molar-refractivity contribution in [1.29, 1.82) is 0 Å². The normalized spacial score (nSPS) is 21.0. The lowest BCUT2D eigenvalue weighted by Gasteiger charge is -2.43. The molecule has 0 radical (unpaired) electrons. The first-order valence-corrected chi connectivity index (χ1v) is 9.56. The van der Waals surface area contributed by atoms with Crippen molar-refractivity contribution in [1.82, 2.24) is 14.8 Å². The van der Waals surface area contributed by atoms with E-state index < -0.39 is 12.1 Å². The maximum absolute atomic E-state index is 13.7. The minimum Gasteiger partial charge on any atom is -0.475 e. The summed E-state index contributed by atoms with van der Waals surface area (Å²) in [4.78, 5) is 29.5. The van der Waals surface area contributed by atoms with E-state index in [0.717, 1.165) is 25.2 Å². The Bertz CT molecular complexity index is 875. The van der Waals surface area contributed by atoms with E-state index >= 15 is 0 Å². The molecule has 156 valence electrons. The van der Waals surface area contributed by atoms with Crippen LogP contribution in [0.15, 0.2) is 35.2 Å². The number of hydrogen-bond donors (Lipinski definition) is 1. The zero-order chi connectivity index (χ0) is 21.2. The SMILES string of the molecule is O=C(O)C(F)(F)F.O=C(c1cscn1)N1CC2CN(Cc3ccccc3F)C2C1. The summed E-state index contributed by atoms with van der Waals surface area (Å²) < 4.78 is 45.5. The summed E-state index contributed by atoms with van der Waals surface area (Å²) in [7, 11) is 0. The van der Waals surface area contributed by atoms with Gasteiger partial charge in [0, 0.05) is 49.1 Å². The highest BCUT2D eigenvalue weighted by Gasteiger charge is 2.47. The third-order valence-electron chi connectivity index (χ3n) is 4.86. The number of thiazole rings is 1. The molecule has 0 saturated carbocycles. The molecule has 2 atom stereocenters. The van der Waals surface area contributed by atoms with Crippen LogP contribution in [0.4, 0.5) is 17.6 Å². The molecule has 0 bridgehead atoms. The van der Waals surface area contributed by atoms with Gasteiger partial charge in [-0.2, -0.15) is 13.2 Å². The fourth-order valence-electron chi connectivity index (χ4n) is 3.42. The monoisotopic (exact) mass is 431 g/mol. The van der Waals surface area contributed by atoms with Gasteiger partial charge in [-0.05, 0) is 6.07 Å². The first-order valence-electron chi connectivity index (χ1n) is 8.62. The predicted octanol–water partition coefficient (Wildman–Crippen LogP) is 2.87. The average molecular weight is 431 g/mol. The van der Waals surface area contributed by atoms with Crippen molar-refractivity contribution in [3.63, 3.8) is 0 Å². The maximum Gasteiger partial charge on any atom is 0.490 e. The van der Waals surface area contributed by atoms with E-state index in [2.05, 4.69) is 9.88 Å². The fraction of sp³-hybridized carbons (Fsp3) is 0.389. The minimum absolute atomic E-state index is 0.0153. The predicted molar refractivity (Wildman–Crippen MR) is 95.8 cm³/mol. The number of carbonyl (C=O) groups is 2. The number of rotatable bonds is 3. The molecule has 2 aliphatic heterocycles. The number of aliphatic carboxylic acids is 1. The van der Waals surface area contributed by atoms with E-state index in [1.807, 2.05) is 17.0 Å². The smallest absolute Gasteiger partial charge is 0.475 e. The van der Waals surface area contributed by atoms with Gasteiger partial charge < -0.3 is 10.0 Å².